The van der Waals surface area contributed by atoms with Gasteiger partial charge in [0, 0.05) is 64.0 Å². The number of piperazine rings is 1. The molecule has 0 amide bonds. The number of nitrogens with one attached hydrogen (secondary N) is 1. The first kappa shape index (κ1) is 23.2. The summed E-state index contributed by atoms with van der Waals surface area (Å²) in [7, 11) is 1.71. The number of hydrogen-bond acceptors (Lipinski definition) is 6. The van der Waals surface area contributed by atoms with Crippen molar-refractivity contribution in [3.05, 3.63) is 36.4 Å². The highest BCUT2D eigenvalue weighted by Gasteiger charge is 2.20. The number of nitrogens with zero attached hydrogens (tertiary/aromatic N) is 6. The van der Waals surface area contributed by atoms with E-state index in [0.717, 1.165) is 81.9 Å². The van der Waals surface area contributed by atoms with Crippen LogP contribution in [-0.2, 0) is 13.0 Å². The van der Waals surface area contributed by atoms with E-state index in [2.05, 4.69) is 61.3 Å². The molecule has 0 atom stereocenters. The second kappa shape index (κ2) is 12.4. The molecule has 0 spiro atoms. The molecule has 0 bridgehead atoms. The largest absolute Gasteiger partial charge is 0.497 e. The quantitative estimate of drug-likeness (QED) is 0.342. The van der Waals surface area contributed by atoms with Gasteiger partial charge in [0.15, 0.2) is 5.96 Å². The summed E-state index contributed by atoms with van der Waals surface area (Å²) in [6.45, 7) is 8.41. The zero-order chi connectivity index (χ0) is 21.9. The van der Waals surface area contributed by atoms with E-state index in [1.807, 2.05) is 24.2 Å². The van der Waals surface area contributed by atoms with Crippen LogP contribution in [-0.4, -0.2) is 84.0 Å². The summed E-state index contributed by atoms with van der Waals surface area (Å²) in [6, 6.07) is 8.30. The van der Waals surface area contributed by atoms with Gasteiger partial charge in [-0.2, -0.15) is 11.8 Å². The van der Waals surface area contributed by atoms with Gasteiger partial charge in [0.2, 0.25) is 0 Å². The van der Waals surface area contributed by atoms with Crippen LogP contribution < -0.4 is 15.0 Å². The lowest BCUT2D eigenvalue weighted by atomic mass is 10.2. The van der Waals surface area contributed by atoms with E-state index in [1.54, 1.807) is 7.11 Å². The van der Waals surface area contributed by atoms with Gasteiger partial charge in [0.1, 0.15) is 17.9 Å². The Hall–Kier alpha value is -2.42. The van der Waals surface area contributed by atoms with Crippen molar-refractivity contribution in [3.8, 4) is 5.75 Å². The topological polar surface area (TPSA) is 70.8 Å². The number of methoxy groups -OCH3 is 1. The minimum atomic E-state index is 0.808. The van der Waals surface area contributed by atoms with Crippen LogP contribution in [0.3, 0.4) is 0 Å². The number of ether oxygens (including phenoxy) is 1. The van der Waals surface area contributed by atoms with Crippen LogP contribution in [0, 0.1) is 0 Å². The Morgan fingerprint density at radius 3 is 2.84 bits per heavy atom. The SMILES string of the molecule is CCc1nncn1CCNC(=NCCCSC)N1CCN(c2cccc(OC)c2)CC1. The molecule has 2 heterocycles. The van der Waals surface area contributed by atoms with E-state index in [4.69, 9.17) is 9.73 Å². The third-order valence-corrected chi connectivity index (χ3v) is 6.11. The fourth-order valence-electron chi connectivity index (χ4n) is 3.67. The maximum Gasteiger partial charge on any atom is 0.194 e. The van der Waals surface area contributed by atoms with E-state index in [-0.39, 0.29) is 0 Å². The van der Waals surface area contributed by atoms with E-state index in [0.29, 0.717) is 0 Å². The van der Waals surface area contributed by atoms with Gasteiger partial charge in [-0.1, -0.05) is 13.0 Å². The Kier molecular flexibility index (Phi) is 9.33. The molecule has 2 aromatic rings. The first-order valence-corrected chi connectivity index (χ1v) is 12.4. The van der Waals surface area contributed by atoms with Crippen molar-refractivity contribution in [2.45, 2.75) is 26.3 Å². The minimum absolute atomic E-state index is 0.808. The first-order valence-electron chi connectivity index (χ1n) is 11.0. The molecule has 1 aromatic carbocycles. The van der Waals surface area contributed by atoms with Gasteiger partial charge in [-0.15, -0.1) is 10.2 Å². The predicted octanol–water partition coefficient (Wildman–Crippen LogP) is 2.37. The molecule has 1 aromatic heterocycles. The average molecular weight is 446 g/mol. The number of hydrogen-bond donors (Lipinski definition) is 1. The van der Waals surface area contributed by atoms with E-state index >= 15 is 0 Å². The maximum atomic E-state index is 5.38. The van der Waals surface area contributed by atoms with Crippen molar-refractivity contribution in [3.63, 3.8) is 0 Å². The summed E-state index contributed by atoms with van der Waals surface area (Å²) in [5.41, 5.74) is 1.21. The Morgan fingerprint density at radius 1 is 1.26 bits per heavy atom. The number of aryl methyl sites for hydroxylation is 1. The highest BCUT2D eigenvalue weighted by atomic mass is 32.2. The smallest absolute Gasteiger partial charge is 0.194 e. The van der Waals surface area contributed by atoms with Crippen molar-refractivity contribution < 1.29 is 4.74 Å². The van der Waals surface area contributed by atoms with Crippen LogP contribution in [0.25, 0.3) is 0 Å². The Labute approximate surface area is 190 Å². The highest BCUT2D eigenvalue weighted by Crippen LogP contribution is 2.22. The van der Waals surface area contributed by atoms with Crippen LogP contribution in [0.15, 0.2) is 35.6 Å². The van der Waals surface area contributed by atoms with Gasteiger partial charge in [-0.25, -0.2) is 0 Å². The zero-order valence-corrected chi connectivity index (χ0v) is 19.8. The monoisotopic (exact) mass is 445 g/mol. The molecule has 1 aliphatic heterocycles. The summed E-state index contributed by atoms with van der Waals surface area (Å²) >= 11 is 1.87. The Bertz CT molecular complexity index is 818. The van der Waals surface area contributed by atoms with Crippen LogP contribution in [0.1, 0.15) is 19.2 Å². The molecule has 1 aliphatic rings. The van der Waals surface area contributed by atoms with Gasteiger partial charge in [0.05, 0.1) is 7.11 Å². The fraction of sp³-hybridized carbons (Fsp3) is 0.591. The third-order valence-electron chi connectivity index (χ3n) is 5.41. The van der Waals surface area contributed by atoms with E-state index < -0.39 is 0 Å². The summed E-state index contributed by atoms with van der Waals surface area (Å²) in [5, 5.41) is 11.8. The normalized spacial score (nSPS) is 14.7. The summed E-state index contributed by atoms with van der Waals surface area (Å²) < 4.78 is 7.49. The molecule has 1 N–H and O–H groups in total. The second-order valence-corrected chi connectivity index (χ2v) is 8.43. The van der Waals surface area contributed by atoms with Gasteiger partial charge < -0.3 is 24.4 Å². The average Bonchev–Trinajstić information content (AvgIpc) is 3.28. The highest BCUT2D eigenvalue weighted by molar-refractivity contribution is 7.98. The Morgan fingerprint density at radius 2 is 2.10 bits per heavy atom. The summed E-state index contributed by atoms with van der Waals surface area (Å²) in [6.07, 6.45) is 5.94. The lowest BCUT2D eigenvalue weighted by Crippen LogP contribution is -2.53. The number of aliphatic imine (C=N–C) groups is 1. The zero-order valence-electron chi connectivity index (χ0n) is 19.0. The number of benzene rings is 1. The van der Waals surface area contributed by atoms with E-state index in [9.17, 15) is 0 Å². The predicted molar refractivity (Wildman–Crippen MR) is 129 cm³/mol. The van der Waals surface area contributed by atoms with Gasteiger partial charge >= 0.3 is 0 Å². The Balaban J connectivity index is 1.57. The molecule has 8 nitrogen and oxygen atoms in total. The molecular formula is C22H35N7OS. The molecule has 170 valence electrons. The molecule has 0 saturated carbocycles. The molecule has 0 unspecified atom stereocenters. The standard InChI is InChI=1S/C22H35N7OS/c1-4-21-26-25-18-29(21)11-10-24-22(23-9-6-16-31-3)28-14-12-27(13-15-28)19-7-5-8-20(17-19)30-2/h5,7-8,17-18H,4,6,9-16H2,1-3H3,(H,23,24). The van der Waals surface area contributed by atoms with Crippen molar-refractivity contribution in [1.29, 1.82) is 0 Å². The second-order valence-electron chi connectivity index (χ2n) is 7.45. The molecule has 31 heavy (non-hydrogen) atoms. The summed E-state index contributed by atoms with van der Waals surface area (Å²) in [4.78, 5) is 9.70. The van der Waals surface area contributed by atoms with Crippen LogP contribution in [0.5, 0.6) is 5.75 Å². The van der Waals surface area contributed by atoms with Crippen LogP contribution in [0.4, 0.5) is 5.69 Å². The van der Waals surface area contributed by atoms with Gasteiger partial charge in [-0.3, -0.25) is 4.99 Å². The maximum absolute atomic E-state index is 5.38. The van der Waals surface area contributed by atoms with Gasteiger partial charge in [0.25, 0.3) is 0 Å². The minimum Gasteiger partial charge on any atom is -0.497 e. The number of aromatic nitrogens is 3. The lowest BCUT2D eigenvalue weighted by molar-refractivity contribution is 0.370. The van der Waals surface area contributed by atoms with Crippen molar-refractivity contribution in [1.82, 2.24) is 25.0 Å². The molecular weight excluding hydrogens is 410 g/mol. The number of anilines is 1. The fourth-order valence-corrected chi connectivity index (χ4v) is 4.09. The molecule has 9 heteroatoms. The van der Waals surface area contributed by atoms with Gasteiger partial charge in [-0.05, 0) is 30.6 Å². The van der Waals surface area contributed by atoms with Crippen molar-refractivity contribution >= 4 is 23.4 Å². The first-order chi connectivity index (χ1) is 15.2. The molecule has 1 saturated heterocycles. The third kappa shape index (κ3) is 6.78. The lowest BCUT2D eigenvalue weighted by Gasteiger charge is -2.38. The van der Waals surface area contributed by atoms with Crippen LogP contribution in [0.2, 0.25) is 0 Å². The van der Waals surface area contributed by atoms with E-state index in [1.165, 1.54) is 5.69 Å². The molecule has 0 radical (unpaired) electrons. The summed E-state index contributed by atoms with van der Waals surface area (Å²) in [5.74, 6) is 4.07. The van der Waals surface area contributed by atoms with Crippen LogP contribution >= 0.6 is 11.8 Å². The number of rotatable bonds is 10. The number of thioether (sulfide) groups is 1. The van der Waals surface area contributed by atoms with Crippen molar-refractivity contribution in [2.75, 3.05) is 63.3 Å². The molecule has 0 aliphatic carbocycles. The van der Waals surface area contributed by atoms with Crippen molar-refractivity contribution in [2.24, 2.45) is 4.99 Å². The number of guanidine groups is 1. The molecule has 3 rings (SSSR count). The molecule has 1 fully saturated rings.